The average molecular weight is 291 g/mol. The summed E-state index contributed by atoms with van der Waals surface area (Å²) in [5, 5.41) is 21.1. The van der Waals surface area contributed by atoms with Crippen molar-refractivity contribution in [1.82, 2.24) is 10.2 Å². The topological polar surface area (TPSA) is 75.1 Å². The van der Waals surface area contributed by atoms with E-state index in [2.05, 4.69) is 22.4 Å². The SMILES string of the molecule is CCc1nnc(NCC2(C)CCCC2)c(C(=O)O)c1CC. The number of aromatic nitrogens is 2. The molecule has 0 unspecified atom stereocenters. The lowest BCUT2D eigenvalue weighted by atomic mass is 9.89. The molecule has 5 nitrogen and oxygen atoms in total. The van der Waals surface area contributed by atoms with E-state index in [1.807, 2.05) is 13.8 Å². The summed E-state index contributed by atoms with van der Waals surface area (Å²) in [6.07, 6.45) is 6.24. The molecule has 21 heavy (non-hydrogen) atoms. The van der Waals surface area contributed by atoms with Gasteiger partial charge in [0.1, 0.15) is 5.56 Å². The minimum atomic E-state index is -0.921. The van der Waals surface area contributed by atoms with Crippen molar-refractivity contribution in [2.45, 2.75) is 59.3 Å². The molecule has 1 heterocycles. The van der Waals surface area contributed by atoms with E-state index in [1.165, 1.54) is 25.7 Å². The summed E-state index contributed by atoms with van der Waals surface area (Å²) in [6, 6.07) is 0. The molecule has 0 atom stereocenters. The van der Waals surface area contributed by atoms with E-state index in [4.69, 9.17) is 0 Å². The molecule has 0 saturated heterocycles. The third-order valence-electron chi connectivity index (χ3n) is 4.55. The van der Waals surface area contributed by atoms with E-state index < -0.39 is 5.97 Å². The number of rotatable bonds is 6. The third-order valence-corrected chi connectivity index (χ3v) is 4.55. The molecule has 5 heteroatoms. The van der Waals surface area contributed by atoms with Gasteiger partial charge in [-0.25, -0.2) is 4.79 Å². The number of hydrogen-bond acceptors (Lipinski definition) is 4. The largest absolute Gasteiger partial charge is 0.478 e. The van der Waals surface area contributed by atoms with Gasteiger partial charge in [-0.15, -0.1) is 5.10 Å². The van der Waals surface area contributed by atoms with E-state index in [0.29, 0.717) is 24.2 Å². The molecule has 116 valence electrons. The van der Waals surface area contributed by atoms with Crippen LogP contribution < -0.4 is 5.32 Å². The molecule has 0 amide bonds. The highest BCUT2D eigenvalue weighted by atomic mass is 16.4. The monoisotopic (exact) mass is 291 g/mol. The van der Waals surface area contributed by atoms with Gasteiger partial charge in [-0.2, -0.15) is 5.10 Å². The second kappa shape index (κ2) is 6.41. The fourth-order valence-electron chi connectivity index (χ4n) is 3.23. The Morgan fingerprint density at radius 1 is 1.24 bits per heavy atom. The highest BCUT2D eigenvalue weighted by Gasteiger charge is 2.29. The van der Waals surface area contributed by atoms with Crippen LogP contribution >= 0.6 is 0 Å². The van der Waals surface area contributed by atoms with E-state index in [0.717, 1.165) is 17.8 Å². The van der Waals surface area contributed by atoms with Gasteiger partial charge in [0.25, 0.3) is 0 Å². The van der Waals surface area contributed by atoms with Gasteiger partial charge in [0, 0.05) is 6.54 Å². The zero-order valence-electron chi connectivity index (χ0n) is 13.2. The number of anilines is 1. The van der Waals surface area contributed by atoms with Crippen molar-refractivity contribution < 1.29 is 9.90 Å². The molecular weight excluding hydrogens is 266 g/mol. The molecule has 2 N–H and O–H groups in total. The fraction of sp³-hybridized carbons (Fsp3) is 0.688. The Hall–Kier alpha value is -1.65. The molecule has 0 aromatic carbocycles. The van der Waals surface area contributed by atoms with Gasteiger partial charge >= 0.3 is 5.97 Å². The predicted molar refractivity (Wildman–Crippen MR) is 82.8 cm³/mol. The van der Waals surface area contributed by atoms with Crippen LogP contribution in [0.3, 0.4) is 0 Å². The van der Waals surface area contributed by atoms with Gasteiger partial charge in [-0.05, 0) is 36.7 Å². The maximum absolute atomic E-state index is 11.6. The van der Waals surface area contributed by atoms with Crippen LogP contribution in [0, 0.1) is 5.41 Å². The number of carbonyl (C=O) groups is 1. The standard InChI is InChI=1S/C16H25N3O2/c1-4-11-12(5-2)18-19-14(13(11)15(20)21)17-10-16(3)8-6-7-9-16/h4-10H2,1-3H3,(H,17,19)(H,20,21). The van der Waals surface area contributed by atoms with Crippen molar-refractivity contribution in [2.24, 2.45) is 5.41 Å². The van der Waals surface area contributed by atoms with Crippen molar-refractivity contribution in [3.05, 3.63) is 16.8 Å². The maximum Gasteiger partial charge on any atom is 0.339 e. The van der Waals surface area contributed by atoms with Crippen LogP contribution in [-0.4, -0.2) is 27.8 Å². The minimum absolute atomic E-state index is 0.243. The van der Waals surface area contributed by atoms with E-state index in [9.17, 15) is 9.90 Å². The molecule has 1 aromatic heterocycles. The number of nitrogens with zero attached hydrogens (tertiary/aromatic N) is 2. The van der Waals surface area contributed by atoms with Gasteiger partial charge in [0.15, 0.2) is 5.82 Å². The first-order chi connectivity index (χ1) is 10.0. The van der Waals surface area contributed by atoms with Gasteiger partial charge in [-0.3, -0.25) is 0 Å². The zero-order chi connectivity index (χ0) is 15.5. The molecule has 0 bridgehead atoms. The number of nitrogens with one attached hydrogen (secondary N) is 1. The van der Waals surface area contributed by atoms with E-state index in [1.54, 1.807) is 0 Å². The zero-order valence-corrected chi connectivity index (χ0v) is 13.2. The average Bonchev–Trinajstić information content (AvgIpc) is 2.90. The summed E-state index contributed by atoms with van der Waals surface area (Å²) in [4.78, 5) is 11.6. The van der Waals surface area contributed by atoms with Crippen molar-refractivity contribution in [3.63, 3.8) is 0 Å². The van der Waals surface area contributed by atoms with E-state index in [-0.39, 0.29) is 5.41 Å². The molecule has 1 aromatic rings. The third kappa shape index (κ3) is 3.34. The first-order valence-corrected chi connectivity index (χ1v) is 7.86. The number of aromatic carboxylic acids is 1. The van der Waals surface area contributed by atoms with Crippen LogP contribution in [0.4, 0.5) is 5.82 Å². The Kier molecular flexibility index (Phi) is 4.80. The first kappa shape index (κ1) is 15.7. The Morgan fingerprint density at radius 3 is 2.43 bits per heavy atom. The van der Waals surface area contributed by atoms with Crippen LogP contribution in [0.2, 0.25) is 0 Å². The number of carboxylic acid groups (broad SMARTS) is 1. The van der Waals surface area contributed by atoms with Gasteiger partial charge in [-0.1, -0.05) is 33.6 Å². The molecule has 1 fully saturated rings. The Labute approximate surface area is 126 Å². The summed E-state index contributed by atoms with van der Waals surface area (Å²) in [5.74, 6) is -0.500. The highest BCUT2D eigenvalue weighted by Crippen LogP contribution is 2.37. The normalized spacial score (nSPS) is 16.9. The summed E-state index contributed by atoms with van der Waals surface area (Å²) in [7, 11) is 0. The first-order valence-electron chi connectivity index (χ1n) is 7.86. The quantitative estimate of drug-likeness (QED) is 0.841. The van der Waals surface area contributed by atoms with Crippen molar-refractivity contribution in [3.8, 4) is 0 Å². The predicted octanol–water partition coefficient (Wildman–Crippen LogP) is 3.29. The minimum Gasteiger partial charge on any atom is -0.478 e. The van der Waals surface area contributed by atoms with Gasteiger partial charge in [0.05, 0.1) is 5.69 Å². The second-order valence-electron chi connectivity index (χ2n) is 6.23. The van der Waals surface area contributed by atoms with Crippen molar-refractivity contribution >= 4 is 11.8 Å². The Morgan fingerprint density at radius 2 is 1.90 bits per heavy atom. The van der Waals surface area contributed by atoms with Gasteiger partial charge < -0.3 is 10.4 Å². The highest BCUT2D eigenvalue weighted by molar-refractivity contribution is 5.95. The number of aryl methyl sites for hydroxylation is 1. The van der Waals surface area contributed by atoms with Crippen LogP contribution in [0.5, 0.6) is 0 Å². The van der Waals surface area contributed by atoms with E-state index >= 15 is 0 Å². The molecule has 1 aliphatic rings. The molecule has 1 aliphatic carbocycles. The number of carboxylic acids is 1. The lowest BCUT2D eigenvalue weighted by molar-refractivity contribution is 0.0696. The van der Waals surface area contributed by atoms with Crippen molar-refractivity contribution in [1.29, 1.82) is 0 Å². The molecule has 2 rings (SSSR count). The Balaban J connectivity index is 2.28. The van der Waals surface area contributed by atoms with Crippen LogP contribution in [0.25, 0.3) is 0 Å². The lowest BCUT2D eigenvalue weighted by Gasteiger charge is -2.24. The van der Waals surface area contributed by atoms with Crippen LogP contribution in [-0.2, 0) is 12.8 Å². The summed E-state index contributed by atoms with van der Waals surface area (Å²) >= 11 is 0. The fourth-order valence-corrected chi connectivity index (χ4v) is 3.23. The number of hydrogen-bond donors (Lipinski definition) is 2. The molecule has 0 aliphatic heterocycles. The molecule has 1 saturated carbocycles. The molecule has 0 spiro atoms. The summed E-state index contributed by atoms with van der Waals surface area (Å²) in [6.45, 7) is 6.95. The molecular formula is C16H25N3O2. The van der Waals surface area contributed by atoms with Crippen LogP contribution in [0.15, 0.2) is 0 Å². The summed E-state index contributed by atoms with van der Waals surface area (Å²) in [5.41, 5.74) is 2.13. The van der Waals surface area contributed by atoms with Crippen LogP contribution in [0.1, 0.15) is 68.1 Å². The second-order valence-corrected chi connectivity index (χ2v) is 6.23. The molecule has 0 radical (unpaired) electrons. The Bertz CT molecular complexity index is 522. The van der Waals surface area contributed by atoms with Crippen molar-refractivity contribution in [2.75, 3.05) is 11.9 Å². The maximum atomic E-state index is 11.6. The van der Waals surface area contributed by atoms with Gasteiger partial charge in [0.2, 0.25) is 0 Å². The smallest absolute Gasteiger partial charge is 0.339 e. The summed E-state index contributed by atoms with van der Waals surface area (Å²) < 4.78 is 0. The lowest BCUT2D eigenvalue weighted by Crippen LogP contribution is -2.25.